The van der Waals surface area contributed by atoms with Gasteiger partial charge in [-0.2, -0.15) is 13.2 Å². The molecule has 3 atom stereocenters. The predicted molar refractivity (Wildman–Crippen MR) is 98.6 cm³/mol. The molecule has 1 aromatic heterocycles. The summed E-state index contributed by atoms with van der Waals surface area (Å²) < 4.78 is 39.3. The van der Waals surface area contributed by atoms with Crippen molar-refractivity contribution < 1.29 is 28.2 Å². The van der Waals surface area contributed by atoms with Gasteiger partial charge in [-0.3, -0.25) is 4.79 Å². The fraction of sp³-hybridized carbons (Fsp3) is 0.263. The number of halogens is 3. The highest BCUT2D eigenvalue weighted by atomic mass is 32.1. The van der Waals surface area contributed by atoms with Crippen LogP contribution in [0.25, 0.3) is 10.2 Å². The molecule has 1 amide bonds. The van der Waals surface area contributed by atoms with Crippen molar-refractivity contribution in [3.63, 3.8) is 0 Å². The quantitative estimate of drug-likeness (QED) is 0.600. The number of thiazole rings is 1. The van der Waals surface area contributed by atoms with Gasteiger partial charge in [-0.25, -0.2) is 4.98 Å². The summed E-state index contributed by atoms with van der Waals surface area (Å²) in [5, 5.41) is 23.0. The van der Waals surface area contributed by atoms with E-state index in [1.54, 1.807) is 24.3 Å². The molecule has 0 radical (unpaired) electrons. The van der Waals surface area contributed by atoms with Crippen LogP contribution in [-0.2, 0) is 11.0 Å². The zero-order chi connectivity index (χ0) is 20.5. The predicted octanol–water partition coefficient (Wildman–Crippen LogP) is 3.59. The number of carbonyl (C=O) groups is 1. The number of nitrogens with zero attached hydrogens (tertiary/aromatic N) is 1. The Morgan fingerprint density at radius 3 is 2.54 bits per heavy atom. The zero-order valence-electron chi connectivity index (χ0n) is 14.6. The van der Waals surface area contributed by atoms with Crippen LogP contribution in [0.4, 0.5) is 13.2 Å². The van der Waals surface area contributed by atoms with Crippen molar-refractivity contribution in [1.29, 1.82) is 0 Å². The van der Waals surface area contributed by atoms with Crippen LogP contribution < -0.4 is 5.32 Å². The number of alkyl halides is 3. The molecule has 3 aromatic rings. The van der Waals surface area contributed by atoms with E-state index >= 15 is 0 Å². The molecule has 0 spiro atoms. The van der Waals surface area contributed by atoms with Crippen LogP contribution in [-0.4, -0.2) is 27.2 Å². The highest BCUT2D eigenvalue weighted by Gasteiger charge is 2.32. The van der Waals surface area contributed by atoms with Crippen molar-refractivity contribution in [2.75, 3.05) is 0 Å². The van der Waals surface area contributed by atoms with Crippen LogP contribution >= 0.6 is 11.3 Å². The number of aromatic nitrogens is 1. The van der Waals surface area contributed by atoms with E-state index in [0.717, 1.165) is 28.2 Å². The number of carbonyl (C=O) groups excluding carboxylic acids is 1. The fourth-order valence-corrected chi connectivity index (χ4v) is 3.65. The molecular formula is C19H17F3N2O3S. The van der Waals surface area contributed by atoms with E-state index in [4.69, 9.17) is 0 Å². The Kier molecular flexibility index (Phi) is 5.69. The lowest BCUT2D eigenvalue weighted by molar-refractivity contribution is -0.137. The summed E-state index contributed by atoms with van der Waals surface area (Å²) in [6.45, 7) is 1.49. The Morgan fingerprint density at radius 2 is 1.86 bits per heavy atom. The third-order valence-electron chi connectivity index (χ3n) is 4.20. The summed E-state index contributed by atoms with van der Waals surface area (Å²) >= 11 is 1.14. The minimum absolute atomic E-state index is 0.176. The first-order chi connectivity index (χ1) is 13.2. The lowest BCUT2D eigenvalue weighted by Gasteiger charge is -2.20. The van der Waals surface area contributed by atoms with Gasteiger partial charge in [0.25, 0.3) is 5.91 Å². The average molecular weight is 410 g/mol. The molecule has 0 unspecified atom stereocenters. The topological polar surface area (TPSA) is 82.5 Å². The summed E-state index contributed by atoms with van der Waals surface area (Å²) in [5.74, 6) is -0.906. The summed E-state index contributed by atoms with van der Waals surface area (Å²) in [4.78, 5) is 16.5. The first-order valence-corrected chi connectivity index (χ1v) is 9.17. The molecule has 148 valence electrons. The molecule has 9 heteroatoms. The number of amides is 1. The van der Waals surface area contributed by atoms with Gasteiger partial charge in [0.15, 0.2) is 6.10 Å². The van der Waals surface area contributed by atoms with Crippen molar-refractivity contribution in [3.05, 3.63) is 64.7 Å². The second kappa shape index (κ2) is 7.86. The van der Waals surface area contributed by atoms with E-state index in [-0.39, 0.29) is 10.6 Å². The van der Waals surface area contributed by atoms with Gasteiger partial charge in [0.2, 0.25) is 0 Å². The highest BCUT2D eigenvalue weighted by molar-refractivity contribution is 7.18. The highest BCUT2D eigenvalue weighted by Crippen LogP contribution is 2.31. The first kappa shape index (κ1) is 20.2. The monoisotopic (exact) mass is 410 g/mol. The van der Waals surface area contributed by atoms with Gasteiger partial charge < -0.3 is 15.5 Å². The van der Waals surface area contributed by atoms with Crippen LogP contribution in [0.3, 0.4) is 0 Å². The summed E-state index contributed by atoms with van der Waals surface area (Å²) in [7, 11) is 0. The first-order valence-electron chi connectivity index (χ1n) is 8.36. The normalized spacial score (nSPS) is 15.2. The van der Waals surface area contributed by atoms with E-state index in [0.29, 0.717) is 5.52 Å². The van der Waals surface area contributed by atoms with Gasteiger partial charge in [-0.1, -0.05) is 24.3 Å². The number of aliphatic hydroxyl groups is 2. The molecule has 5 nitrogen and oxygen atoms in total. The van der Waals surface area contributed by atoms with Gasteiger partial charge in [-0.05, 0) is 36.8 Å². The van der Waals surface area contributed by atoms with Crippen molar-refractivity contribution in [2.45, 2.75) is 31.3 Å². The van der Waals surface area contributed by atoms with Crippen molar-refractivity contribution >= 4 is 27.5 Å². The number of aliphatic hydroxyl groups excluding tert-OH is 2. The molecule has 3 N–H and O–H groups in total. The lowest BCUT2D eigenvalue weighted by Crippen LogP contribution is -2.39. The molecule has 2 aromatic carbocycles. The number of nitrogens with one attached hydrogen (secondary N) is 1. The summed E-state index contributed by atoms with van der Waals surface area (Å²) in [6.07, 6.45) is -7.86. The van der Waals surface area contributed by atoms with Gasteiger partial charge in [0, 0.05) is 0 Å². The largest absolute Gasteiger partial charge is 0.416 e. The van der Waals surface area contributed by atoms with Gasteiger partial charge >= 0.3 is 6.18 Å². The van der Waals surface area contributed by atoms with Crippen LogP contribution in [0, 0.1) is 0 Å². The SMILES string of the molecule is C[C@H](NC(=O)[C@H](O)[C@@H](O)c1nc2ccccc2s1)c1cccc(C(F)(F)F)c1. The van der Waals surface area contributed by atoms with E-state index in [9.17, 15) is 28.2 Å². The standard InChI is InChI=1S/C19H17F3N2O3S/c1-10(11-5-4-6-12(9-11)19(20,21)22)23-17(27)15(25)16(26)18-24-13-7-2-3-8-14(13)28-18/h2-10,15-16,25-26H,1H3,(H,23,27)/t10-,15+,16+/m0/s1. The molecule has 0 saturated heterocycles. The number of fused-ring (bicyclic) bond motifs is 1. The zero-order valence-corrected chi connectivity index (χ0v) is 15.5. The number of hydrogen-bond donors (Lipinski definition) is 3. The number of rotatable bonds is 5. The van der Waals surface area contributed by atoms with Crippen LogP contribution in [0.15, 0.2) is 48.5 Å². The van der Waals surface area contributed by atoms with E-state index in [1.165, 1.54) is 19.1 Å². The van der Waals surface area contributed by atoms with E-state index in [1.807, 2.05) is 0 Å². The van der Waals surface area contributed by atoms with Gasteiger partial charge in [0.05, 0.1) is 21.8 Å². The Labute approximate surface area is 162 Å². The maximum Gasteiger partial charge on any atom is 0.416 e. The minimum atomic E-state index is -4.50. The maximum absolute atomic E-state index is 12.8. The Hall–Kier alpha value is -2.49. The van der Waals surface area contributed by atoms with E-state index < -0.39 is 35.9 Å². The van der Waals surface area contributed by atoms with Crippen molar-refractivity contribution in [2.24, 2.45) is 0 Å². The second-order valence-electron chi connectivity index (χ2n) is 6.26. The van der Waals surface area contributed by atoms with Crippen molar-refractivity contribution in [3.8, 4) is 0 Å². The molecule has 0 aliphatic rings. The minimum Gasteiger partial charge on any atom is -0.383 e. The average Bonchev–Trinajstić information content (AvgIpc) is 3.10. The molecular weight excluding hydrogens is 393 g/mol. The molecule has 0 aliphatic heterocycles. The number of hydrogen-bond acceptors (Lipinski definition) is 5. The summed E-state index contributed by atoms with van der Waals surface area (Å²) in [5.41, 5.74) is 0.0255. The van der Waals surface area contributed by atoms with Crippen LogP contribution in [0.1, 0.15) is 35.2 Å². The second-order valence-corrected chi connectivity index (χ2v) is 7.33. The molecule has 0 saturated carbocycles. The smallest absolute Gasteiger partial charge is 0.383 e. The fourth-order valence-electron chi connectivity index (χ4n) is 2.66. The Balaban J connectivity index is 1.71. The van der Waals surface area contributed by atoms with Gasteiger partial charge in [-0.15, -0.1) is 11.3 Å². The molecule has 0 aliphatic carbocycles. The third-order valence-corrected chi connectivity index (χ3v) is 5.31. The maximum atomic E-state index is 12.8. The number of para-hydroxylation sites is 1. The molecule has 3 rings (SSSR count). The molecule has 1 heterocycles. The Bertz CT molecular complexity index is 957. The molecule has 0 fully saturated rings. The molecule has 0 bridgehead atoms. The molecule has 28 heavy (non-hydrogen) atoms. The van der Waals surface area contributed by atoms with Gasteiger partial charge in [0.1, 0.15) is 11.1 Å². The lowest BCUT2D eigenvalue weighted by atomic mass is 10.0. The van der Waals surface area contributed by atoms with Crippen LogP contribution in [0.5, 0.6) is 0 Å². The van der Waals surface area contributed by atoms with Crippen molar-refractivity contribution in [1.82, 2.24) is 10.3 Å². The Morgan fingerprint density at radius 1 is 1.14 bits per heavy atom. The summed E-state index contributed by atoms with van der Waals surface area (Å²) in [6, 6.07) is 10.9. The van der Waals surface area contributed by atoms with E-state index in [2.05, 4.69) is 10.3 Å². The van der Waals surface area contributed by atoms with Crippen LogP contribution in [0.2, 0.25) is 0 Å². The number of benzene rings is 2. The third kappa shape index (κ3) is 4.32.